The molecule has 3 nitrogen and oxygen atoms in total. The second-order valence-corrected chi connectivity index (χ2v) is 4.62. The first-order chi connectivity index (χ1) is 8.20. The van der Waals surface area contributed by atoms with Crippen LogP contribution in [0.15, 0.2) is 0 Å². The molecule has 1 atom stereocenters. The number of hydrogen-bond acceptors (Lipinski definition) is 2. The lowest BCUT2D eigenvalue weighted by atomic mass is 10.0. The average Bonchev–Trinajstić information content (AvgIpc) is 2.47. The molecule has 0 aromatic carbocycles. The van der Waals surface area contributed by atoms with E-state index in [1.165, 1.54) is 0 Å². The molecule has 104 valence electrons. The van der Waals surface area contributed by atoms with E-state index in [-0.39, 0.29) is 6.42 Å². The molecule has 0 aliphatic carbocycles. The third-order valence-electron chi connectivity index (χ3n) is 3.15. The Kier molecular flexibility index (Phi) is 4.78. The predicted molar refractivity (Wildman–Crippen MR) is 62.3 cm³/mol. The van der Waals surface area contributed by atoms with Gasteiger partial charge in [-0.2, -0.15) is 18.3 Å². The van der Waals surface area contributed by atoms with Crippen LogP contribution in [0.25, 0.3) is 0 Å². The molecule has 1 rings (SSSR count). The molecule has 0 aliphatic rings. The number of hydrogen-bond donors (Lipinski definition) is 1. The molecule has 0 amide bonds. The lowest BCUT2D eigenvalue weighted by Crippen LogP contribution is -2.15. The summed E-state index contributed by atoms with van der Waals surface area (Å²) in [5.74, 6) is 0. The second-order valence-electron chi connectivity index (χ2n) is 4.62. The maximum absolute atomic E-state index is 12.0. The van der Waals surface area contributed by atoms with Gasteiger partial charge in [-0.1, -0.05) is 0 Å². The van der Waals surface area contributed by atoms with Gasteiger partial charge in [0.15, 0.2) is 0 Å². The minimum atomic E-state index is -4.19. The summed E-state index contributed by atoms with van der Waals surface area (Å²) in [4.78, 5) is 0. The summed E-state index contributed by atoms with van der Waals surface area (Å²) in [6.07, 6.45) is -5.37. The summed E-state index contributed by atoms with van der Waals surface area (Å²) in [5.41, 5.74) is 2.89. The van der Waals surface area contributed by atoms with Crippen LogP contribution < -0.4 is 0 Å². The molecule has 0 aliphatic heterocycles. The van der Waals surface area contributed by atoms with E-state index in [4.69, 9.17) is 0 Å². The molecule has 0 bridgehead atoms. The molecule has 18 heavy (non-hydrogen) atoms. The zero-order valence-corrected chi connectivity index (χ0v) is 10.9. The monoisotopic (exact) mass is 264 g/mol. The molecular weight excluding hydrogens is 245 g/mol. The van der Waals surface area contributed by atoms with Gasteiger partial charge in [0.25, 0.3) is 0 Å². The van der Waals surface area contributed by atoms with Crippen LogP contribution in [0, 0.1) is 13.8 Å². The highest BCUT2D eigenvalue weighted by atomic mass is 19.4. The zero-order valence-electron chi connectivity index (χ0n) is 10.9. The van der Waals surface area contributed by atoms with Crippen molar-refractivity contribution in [3.63, 3.8) is 0 Å². The number of rotatable bonds is 5. The number of nitrogens with zero attached hydrogens (tertiary/aromatic N) is 2. The predicted octanol–water partition coefficient (Wildman–Crippen LogP) is 2.67. The molecule has 0 radical (unpaired) electrons. The van der Waals surface area contributed by atoms with E-state index in [2.05, 4.69) is 5.10 Å². The molecule has 0 saturated carbocycles. The standard InChI is InChI=1S/C12H19F3N2O/c1-8-11(9(2)17(3)16-8)5-4-10(18)6-7-12(13,14)15/h10,18H,4-7H2,1-3H3. The van der Waals surface area contributed by atoms with Crippen molar-refractivity contribution in [3.05, 3.63) is 17.0 Å². The van der Waals surface area contributed by atoms with Crippen LogP contribution >= 0.6 is 0 Å². The summed E-state index contributed by atoms with van der Waals surface area (Å²) >= 11 is 0. The van der Waals surface area contributed by atoms with E-state index in [1.54, 1.807) is 4.68 Å². The van der Waals surface area contributed by atoms with Gasteiger partial charge < -0.3 is 5.11 Å². The quantitative estimate of drug-likeness (QED) is 0.888. The van der Waals surface area contributed by atoms with Gasteiger partial charge in [0.2, 0.25) is 0 Å². The van der Waals surface area contributed by atoms with E-state index in [9.17, 15) is 18.3 Å². The highest BCUT2D eigenvalue weighted by molar-refractivity contribution is 5.24. The van der Waals surface area contributed by atoms with Crippen molar-refractivity contribution in [2.75, 3.05) is 0 Å². The molecule has 1 unspecified atom stereocenters. The third kappa shape index (κ3) is 4.33. The Morgan fingerprint density at radius 3 is 2.33 bits per heavy atom. The number of aromatic nitrogens is 2. The molecule has 1 N–H and O–H groups in total. The summed E-state index contributed by atoms with van der Waals surface area (Å²) in [7, 11) is 1.83. The van der Waals surface area contributed by atoms with E-state index < -0.39 is 18.7 Å². The normalized spacial score (nSPS) is 13.9. The van der Waals surface area contributed by atoms with Crippen LogP contribution in [0.1, 0.15) is 36.2 Å². The van der Waals surface area contributed by atoms with Crippen molar-refractivity contribution in [1.82, 2.24) is 9.78 Å². The van der Waals surface area contributed by atoms with E-state index in [0.717, 1.165) is 17.0 Å². The fraction of sp³-hybridized carbons (Fsp3) is 0.750. The van der Waals surface area contributed by atoms with Crippen molar-refractivity contribution >= 4 is 0 Å². The number of aryl methyl sites for hydroxylation is 2. The first-order valence-corrected chi connectivity index (χ1v) is 5.94. The minimum Gasteiger partial charge on any atom is -0.393 e. The summed E-state index contributed by atoms with van der Waals surface area (Å²) in [5, 5.41) is 13.8. The van der Waals surface area contributed by atoms with Crippen molar-refractivity contribution in [1.29, 1.82) is 0 Å². The number of aliphatic hydroxyl groups excluding tert-OH is 1. The van der Waals surface area contributed by atoms with Gasteiger partial charge in [0, 0.05) is 19.2 Å². The SMILES string of the molecule is Cc1nn(C)c(C)c1CCC(O)CCC(F)(F)F. The Hall–Kier alpha value is -1.04. The Bertz CT molecular complexity index is 399. The third-order valence-corrected chi connectivity index (χ3v) is 3.15. The minimum absolute atomic E-state index is 0.234. The molecule has 1 heterocycles. The van der Waals surface area contributed by atoms with E-state index in [1.807, 2.05) is 20.9 Å². The number of aliphatic hydroxyl groups is 1. The van der Waals surface area contributed by atoms with Crippen molar-refractivity contribution in [3.8, 4) is 0 Å². The molecule has 0 saturated heterocycles. The van der Waals surface area contributed by atoms with Crippen molar-refractivity contribution in [2.24, 2.45) is 7.05 Å². The topological polar surface area (TPSA) is 38.0 Å². The molecule has 1 aromatic rings. The Labute approximate surface area is 105 Å². The van der Waals surface area contributed by atoms with Gasteiger partial charge in [0.05, 0.1) is 11.8 Å². The Morgan fingerprint density at radius 1 is 1.28 bits per heavy atom. The maximum Gasteiger partial charge on any atom is 0.389 e. The highest BCUT2D eigenvalue weighted by Gasteiger charge is 2.27. The number of alkyl halides is 3. The fourth-order valence-corrected chi connectivity index (χ4v) is 1.96. The summed E-state index contributed by atoms with van der Waals surface area (Å²) in [6, 6.07) is 0. The van der Waals surface area contributed by atoms with Crippen LogP contribution in [0.2, 0.25) is 0 Å². The molecule has 0 fully saturated rings. The van der Waals surface area contributed by atoms with Gasteiger partial charge >= 0.3 is 6.18 Å². The van der Waals surface area contributed by atoms with Crippen molar-refractivity contribution in [2.45, 2.75) is 51.8 Å². The van der Waals surface area contributed by atoms with Gasteiger partial charge in [-0.3, -0.25) is 4.68 Å². The van der Waals surface area contributed by atoms with Gasteiger partial charge in [-0.15, -0.1) is 0 Å². The largest absolute Gasteiger partial charge is 0.393 e. The lowest BCUT2D eigenvalue weighted by molar-refractivity contribution is -0.140. The maximum atomic E-state index is 12.0. The average molecular weight is 264 g/mol. The van der Waals surface area contributed by atoms with Crippen molar-refractivity contribution < 1.29 is 18.3 Å². The first-order valence-electron chi connectivity index (χ1n) is 5.94. The van der Waals surface area contributed by atoms with Crippen LogP contribution in [-0.2, 0) is 13.5 Å². The van der Waals surface area contributed by atoms with Gasteiger partial charge in [0.1, 0.15) is 0 Å². The van der Waals surface area contributed by atoms with E-state index in [0.29, 0.717) is 12.8 Å². The second kappa shape index (κ2) is 5.73. The molecular formula is C12H19F3N2O. The lowest BCUT2D eigenvalue weighted by Gasteiger charge is -2.12. The molecule has 6 heteroatoms. The summed E-state index contributed by atoms with van der Waals surface area (Å²) in [6.45, 7) is 3.78. The van der Waals surface area contributed by atoms with Crippen LogP contribution in [0.3, 0.4) is 0 Å². The van der Waals surface area contributed by atoms with Crippen LogP contribution in [0.4, 0.5) is 13.2 Å². The molecule has 1 aromatic heterocycles. The number of halogens is 3. The summed E-state index contributed by atoms with van der Waals surface area (Å²) < 4.78 is 37.7. The van der Waals surface area contributed by atoms with E-state index >= 15 is 0 Å². The Morgan fingerprint density at radius 2 is 1.89 bits per heavy atom. The zero-order chi connectivity index (χ0) is 13.9. The van der Waals surface area contributed by atoms with Gasteiger partial charge in [-0.25, -0.2) is 0 Å². The van der Waals surface area contributed by atoms with Crippen LogP contribution in [0.5, 0.6) is 0 Å². The highest BCUT2D eigenvalue weighted by Crippen LogP contribution is 2.24. The van der Waals surface area contributed by atoms with Crippen LogP contribution in [-0.4, -0.2) is 27.2 Å². The fourth-order valence-electron chi connectivity index (χ4n) is 1.96. The Balaban J connectivity index is 2.45. The first kappa shape index (κ1) is 15.0. The van der Waals surface area contributed by atoms with Gasteiger partial charge in [-0.05, 0) is 38.7 Å². The molecule has 0 spiro atoms. The smallest absolute Gasteiger partial charge is 0.389 e.